The zero-order chi connectivity index (χ0) is 58.2. The number of rotatable bonds is 16. The second-order valence-corrected chi connectivity index (χ2v) is 35.7. The minimum absolute atomic E-state index is 0.0204. The molecule has 0 aliphatic carbocycles. The highest BCUT2D eigenvalue weighted by atomic mass is 28.4. The van der Waals surface area contributed by atoms with Gasteiger partial charge in [-0.15, -0.1) is 0 Å². The molecule has 0 aliphatic rings. The van der Waals surface area contributed by atoms with Gasteiger partial charge in [0.15, 0.2) is 51.7 Å². The number of methoxy groups -OCH3 is 8. The van der Waals surface area contributed by atoms with Gasteiger partial charge >= 0.3 is 11.9 Å². The Balaban J connectivity index is 0.000000507. The van der Waals surface area contributed by atoms with Crippen LogP contribution in [0.1, 0.15) is 99.0 Å². The number of hydrogen-bond acceptors (Lipinski definition) is 18. The highest BCUT2D eigenvalue weighted by molar-refractivity contribution is 6.75. The number of esters is 2. The first kappa shape index (κ1) is 66.7. The Labute approximate surface area is 447 Å². The van der Waals surface area contributed by atoms with Crippen LogP contribution in [0.25, 0.3) is 0 Å². The van der Waals surface area contributed by atoms with Crippen LogP contribution in [0.15, 0.2) is 48.5 Å². The van der Waals surface area contributed by atoms with E-state index in [0.29, 0.717) is 62.9 Å². The second kappa shape index (κ2) is 27.5. The first-order valence-electron chi connectivity index (χ1n) is 23.8. The maximum atomic E-state index is 11.8. The minimum Gasteiger partial charge on any atom is -0.541 e. The molecular weight excluding hydrogens is 1020 g/mol. The summed E-state index contributed by atoms with van der Waals surface area (Å²) in [5, 5.41) is 36.5. The predicted octanol–water partition coefficient (Wildman–Crippen LogP) is 11.9. The van der Waals surface area contributed by atoms with E-state index in [1.54, 1.807) is 65.9 Å². The lowest BCUT2D eigenvalue weighted by Gasteiger charge is -2.37. The number of aliphatic hydroxyl groups excluding tert-OH is 1. The van der Waals surface area contributed by atoms with E-state index >= 15 is 0 Å². The van der Waals surface area contributed by atoms with E-state index in [0.717, 1.165) is 24.0 Å². The van der Waals surface area contributed by atoms with Gasteiger partial charge in [-0.1, -0.05) is 62.3 Å². The zero-order valence-corrected chi connectivity index (χ0v) is 51.4. The fourth-order valence-corrected chi connectivity index (χ4v) is 8.63. The number of phenolic OH excluding ortho intramolecular Hbond substituents is 3. The molecule has 0 saturated carbocycles. The van der Waals surface area contributed by atoms with Crippen molar-refractivity contribution in [2.24, 2.45) is 0 Å². The van der Waals surface area contributed by atoms with Gasteiger partial charge in [-0.25, -0.2) is 9.59 Å². The molecule has 0 radical (unpaired) electrons. The summed E-state index contributed by atoms with van der Waals surface area (Å²) in [5.41, 5.74) is 1.59. The molecule has 4 aromatic rings. The van der Waals surface area contributed by atoms with Crippen LogP contribution in [-0.4, -0.2) is 120 Å². The van der Waals surface area contributed by atoms with Gasteiger partial charge in [-0.2, -0.15) is 0 Å². The fraction of sp³-hybridized carbons (Fsp3) is 0.500. The smallest absolute Gasteiger partial charge is 0.338 e. The number of ether oxygens (including phenoxy) is 8. The van der Waals surface area contributed by atoms with Crippen LogP contribution in [0.3, 0.4) is 0 Å². The molecule has 18 nitrogen and oxygen atoms in total. The molecular formula is C54H84O18Si3. The Bertz CT molecular complexity index is 2510. The van der Waals surface area contributed by atoms with Crippen molar-refractivity contribution in [3.05, 3.63) is 70.8 Å². The van der Waals surface area contributed by atoms with Crippen LogP contribution in [0.4, 0.5) is 0 Å². The molecule has 4 rings (SSSR count). The first-order chi connectivity index (χ1) is 34.4. The maximum absolute atomic E-state index is 11.8. The summed E-state index contributed by atoms with van der Waals surface area (Å²) in [6, 6.07) is 12.2. The summed E-state index contributed by atoms with van der Waals surface area (Å²) in [5.74, 6) is 1.90. The largest absolute Gasteiger partial charge is 0.541 e. The molecule has 4 aromatic carbocycles. The third-order valence-electron chi connectivity index (χ3n) is 13.2. The van der Waals surface area contributed by atoms with Gasteiger partial charge in [-0.05, 0) is 108 Å². The van der Waals surface area contributed by atoms with Gasteiger partial charge in [0.05, 0.1) is 74.6 Å². The summed E-state index contributed by atoms with van der Waals surface area (Å²) in [7, 11) is 5.78. The number of aromatic hydroxyl groups is 3. The molecule has 0 amide bonds. The van der Waals surface area contributed by atoms with Crippen LogP contribution in [-0.2, 0) is 16.1 Å². The van der Waals surface area contributed by atoms with Crippen LogP contribution >= 0.6 is 0 Å². The summed E-state index contributed by atoms with van der Waals surface area (Å²) >= 11 is 0. The van der Waals surface area contributed by atoms with Crippen LogP contribution < -0.4 is 41.7 Å². The highest BCUT2D eigenvalue weighted by Gasteiger charge is 2.42. The molecule has 0 aromatic heterocycles. The second-order valence-electron chi connectivity index (χ2n) is 21.5. The summed E-state index contributed by atoms with van der Waals surface area (Å²) < 4.78 is 60.1. The average molecular weight is 1110 g/mol. The van der Waals surface area contributed by atoms with Crippen molar-refractivity contribution in [2.75, 3.05) is 56.9 Å². The third-order valence-corrected chi connectivity index (χ3v) is 26.2. The fourth-order valence-electron chi connectivity index (χ4n) is 5.61. The number of carbonyl (C=O) groups is 3. The summed E-state index contributed by atoms with van der Waals surface area (Å²) in [6.45, 7) is 32.3. The monoisotopic (exact) mass is 1100 g/mol. The number of carbonyl (C=O) groups excluding carboxylic acids is 3. The Hall–Kier alpha value is -6.30. The van der Waals surface area contributed by atoms with E-state index in [9.17, 15) is 19.5 Å². The first-order valence-corrected chi connectivity index (χ1v) is 32.5. The van der Waals surface area contributed by atoms with E-state index in [2.05, 4.69) is 106 Å². The summed E-state index contributed by atoms with van der Waals surface area (Å²) in [4.78, 5) is 33.8. The van der Waals surface area contributed by atoms with Gasteiger partial charge in [-0.3, -0.25) is 4.79 Å². The Morgan fingerprint density at radius 3 is 1.04 bits per heavy atom. The van der Waals surface area contributed by atoms with E-state index in [1.165, 1.54) is 21.3 Å². The van der Waals surface area contributed by atoms with Crippen LogP contribution in [0, 0.1) is 0 Å². The topological polar surface area (TPSA) is 234 Å². The zero-order valence-electron chi connectivity index (χ0n) is 48.4. The Morgan fingerprint density at radius 2 is 0.733 bits per heavy atom. The van der Waals surface area contributed by atoms with Gasteiger partial charge in [0.2, 0.25) is 17.2 Å². The normalized spacial score (nSPS) is 11.6. The molecule has 0 aliphatic heterocycles. The predicted molar refractivity (Wildman–Crippen MR) is 298 cm³/mol. The van der Waals surface area contributed by atoms with Gasteiger partial charge in [0.1, 0.15) is 6.29 Å². The van der Waals surface area contributed by atoms with Crippen molar-refractivity contribution >= 4 is 43.2 Å². The molecule has 0 bridgehead atoms. The number of hydrogen-bond donors (Lipinski definition) is 4. The van der Waals surface area contributed by atoms with Gasteiger partial charge in [0.25, 0.3) is 25.0 Å². The van der Waals surface area contributed by atoms with Crippen molar-refractivity contribution in [3.63, 3.8) is 0 Å². The molecule has 0 atom stereocenters. The van der Waals surface area contributed by atoms with Crippen LogP contribution in [0.2, 0.25) is 54.4 Å². The molecule has 0 heterocycles. The number of aliphatic hydroxyl groups is 1. The average Bonchev–Trinajstić information content (AvgIpc) is 3.33. The Morgan fingerprint density at radius 1 is 0.453 bits per heavy atom. The molecule has 75 heavy (non-hydrogen) atoms. The Kier molecular flexibility index (Phi) is 24.4. The highest BCUT2D eigenvalue weighted by Crippen LogP contribution is 2.47. The van der Waals surface area contributed by atoms with Gasteiger partial charge in [0, 0.05) is 5.56 Å². The van der Waals surface area contributed by atoms with Crippen molar-refractivity contribution in [1.29, 1.82) is 0 Å². The SMILES string of the molecule is COC(=O)c1cc(O)c(O)c(O)c1.COC(=O)c1cc(OC)c(OC)c(O[Si](C)(C)C(C)(C)C)c1.COc1cc(C=O)cc(O[Si](C)(C)C(C)(C)C)c1OC.COc1cc(CO)cc(O[Si](C)(C)C(C)(C)C)c1OC. The van der Waals surface area contributed by atoms with Crippen molar-refractivity contribution in [1.82, 2.24) is 0 Å². The lowest BCUT2D eigenvalue weighted by atomic mass is 10.2. The van der Waals surface area contributed by atoms with Crippen molar-refractivity contribution in [3.8, 4) is 69.0 Å². The van der Waals surface area contributed by atoms with E-state index in [-0.39, 0.29) is 27.3 Å². The number of benzene rings is 4. The number of phenols is 3. The van der Waals surface area contributed by atoms with E-state index in [1.807, 2.05) is 6.07 Å². The lowest BCUT2D eigenvalue weighted by molar-refractivity contribution is 0.0591. The molecule has 21 heteroatoms. The molecule has 0 spiro atoms. The van der Waals surface area contributed by atoms with Crippen molar-refractivity contribution in [2.45, 2.75) is 123 Å². The molecule has 0 unspecified atom stereocenters. The molecule has 0 fully saturated rings. The van der Waals surface area contributed by atoms with Crippen LogP contribution in [0.5, 0.6) is 69.0 Å². The standard InChI is InChI=1S/C16H26O5Si.C15H26O4Si.C15H24O4Si.C8H8O5/c1-16(2,3)22(7,8)21-13-10-11(15(17)20-6)9-12(18-4)14(13)19-5;2*1-15(2,3)20(6,7)19-13-9-11(10-16)8-12(17-4)14(13)18-5;1-13-8(12)4-2-5(9)7(11)6(10)3-4/h9-10H,1-8H3;8-9,16H,10H2,1-7H3;8-10H,1-7H3;2-3,9-11H,1H3. The third kappa shape index (κ3) is 17.9. The van der Waals surface area contributed by atoms with Crippen molar-refractivity contribution < 1.29 is 86.0 Å². The molecule has 420 valence electrons. The maximum Gasteiger partial charge on any atom is 0.338 e. The number of aldehydes is 1. The summed E-state index contributed by atoms with van der Waals surface area (Å²) in [6.07, 6.45) is 0.778. The quantitative estimate of drug-likeness (QED) is 0.0353. The minimum atomic E-state index is -2.08. The molecule has 0 saturated heterocycles. The van der Waals surface area contributed by atoms with Gasteiger partial charge < -0.3 is 71.6 Å². The lowest BCUT2D eigenvalue weighted by Crippen LogP contribution is -2.44. The van der Waals surface area contributed by atoms with E-state index in [4.69, 9.17) is 61.8 Å². The van der Waals surface area contributed by atoms with E-state index < -0.39 is 54.1 Å². The molecule has 4 N–H and O–H groups in total.